The van der Waals surface area contributed by atoms with E-state index in [1.54, 1.807) is 12.1 Å². The summed E-state index contributed by atoms with van der Waals surface area (Å²) in [5.41, 5.74) is 0.596. The molecule has 0 radical (unpaired) electrons. The molecule has 1 aromatic heterocycles. The molecule has 1 N–H and O–H groups in total. The molecule has 1 aromatic carbocycles. The highest BCUT2D eigenvalue weighted by molar-refractivity contribution is 7.89. The van der Waals surface area contributed by atoms with Crippen molar-refractivity contribution in [3.63, 3.8) is 0 Å². The molecule has 0 amide bonds. The Morgan fingerprint density at radius 1 is 1.27 bits per heavy atom. The van der Waals surface area contributed by atoms with Gasteiger partial charge in [-0.3, -0.25) is 0 Å². The Balaban J connectivity index is 1.64. The summed E-state index contributed by atoms with van der Waals surface area (Å²) in [4.78, 5) is 2.39. The number of hydrogen-bond donors (Lipinski definition) is 1. The average Bonchev–Trinajstić information content (AvgIpc) is 2.98. The van der Waals surface area contributed by atoms with Gasteiger partial charge in [0.1, 0.15) is 5.58 Å². The minimum atomic E-state index is -3.57. The summed E-state index contributed by atoms with van der Waals surface area (Å²) in [5.74, 6) is 0.405. The van der Waals surface area contributed by atoms with Crippen LogP contribution in [0, 0.1) is 5.92 Å². The van der Waals surface area contributed by atoms with Crippen LogP contribution in [-0.2, 0) is 10.0 Å². The van der Waals surface area contributed by atoms with Gasteiger partial charge < -0.3 is 9.32 Å². The average molecular weight is 322 g/mol. The van der Waals surface area contributed by atoms with E-state index >= 15 is 0 Å². The standard InChI is InChI=1S/C16H22N2O3S/c1-2-18-9-7-13(8-10-18)12-17-22(19,20)16-11-14-5-3-4-6-15(14)21-16/h3-6,11,13,17H,2,7-10,12H2,1H3. The maximum absolute atomic E-state index is 12.3. The van der Waals surface area contributed by atoms with Gasteiger partial charge in [-0.2, -0.15) is 0 Å². The van der Waals surface area contributed by atoms with Crippen molar-refractivity contribution in [2.45, 2.75) is 24.9 Å². The number of likely N-dealkylation sites (tertiary alicyclic amines) is 1. The van der Waals surface area contributed by atoms with Gasteiger partial charge in [0.15, 0.2) is 0 Å². The fourth-order valence-electron chi connectivity index (χ4n) is 2.90. The number of sulfonamides is 1. The number of para-hydroxylation sites is 1. The smallest absolute Gasteiger partial charge is 0.274 e. The molecule has 2 aromatic rings. The van der Waals surface area contributed by atoms with E-state index in [9.17, 15) is 8.42 Å². The van der Waals surface area contributed by atoms with E-state index in [0.717, 1.165) is 37.9 Å². The molecule has 120 valence electrons. The third kappa shape index (κ3) is 3.34. The topological polar surface area (TPSA) is 62.6 Å². The van der Waals surface area contributed by atoms with Gasteiger partial charge in [0.2, 0.25) is 5.09 Å². The number of benzene rings is 1. The molecule has 1 fully saturated rings. The van der Waals surface area contributed by atoms with Crippen LogP contribution in [0.15, 0.2) is 39.8 Å². The Labute approximate surface area is 131 Å². The van der Waals surface area contributed by atoms with Gasteiger partial charge in [-0.05, 0) is 44.5 Å². The van der Waals surface area contributed by atoms with E-state index in [1.165, 1.54) is 0 Å². The summed E-state index contributed by atoms with van der Waals surface area (Å²) >= 11 is 0. The number of piperidine rings is 1. The predicted molar refractivity (Wildman–Crippen MR) is 86.2 cm³/mol. The molecule has 1 aliphatic heterocycles. The largest absolute Gasteiger partial charge is 0.443 e. The summed E-state index contributed by atoms with van der Waals surface area (Å²) in [6.45, 7) is 5.81. The first-order valence-electron chi connectivity index (χ1n) is 7.79. The number of nitrogens with one attached hydrogen (secondary N) is 1. The van der Waals surface area contributed by atoms with Crippen molar-refractivity contribution in [3.05, 3.63) is 30.3 Å². The van der Waals surface area contributed by atoms with E-state index in [2.05, 4.69) is 16.5 Å². The quantitative estimate of drug-likeness (QED) is 0.918. The third-order valence-corrected chi connectivity index (χ3v) is 5.66. The zero-order valence-corrected chi connectivity index (χ0v) is 13.6. The van der Waals surface area contributed by atoms with E-state index < -0.39 is 10.0 Å². The van der Waals surface area contributed by atoms with E-state index in [1.807, 2.05) is 18.2 Å². The van der Waals surface area contributed by atoms with Gasteiger partial charge in [-0.1, -0.05) is 25.1 Å². The summed E-state index contributed by atoms with van der Waals surface area (Å²) in [6, 6.07) is 8.89. The second kappa shape index (κ2) is 6.40. The fraction of sp³-hybridized carbons (Fsp3) is 0.500. The van der Waals surface area contributed by atoms with Crippen LogP contribution in [0.25, 0.3) is 11.0 Å². The fourth-order valence-corrected chi connectivity index (χ4v) is 3.97. The van der Waals surface area contributed by atoms with Crippen molar-refractivity contribution < 1.29 is 12.8 Å². The van der Waals surface area contributed by atoms with Gasteiger partial charge in [0.25, 0.3) is 10.0 Å². The van der Waals surface area contributed by atoms with Crippen LogP contribution in [0.3, 0.4) is 0 Å². The predicted octanol–water partition coefficient (Wildman–Crippen LogP) is 2.44. The maximum atomic E-state index is 12.3. The molecule has 22 heavy (non-hydrogen) atoms. The van der Waals surface area contributed by atoms with Gasteiger partial charge in [0, 0.05) is 18.0 Å². The van der Waals surface area contributed by atoms with Crippen LogP contribution in [0.5, 0.6) is 0 Å². The van der Waals surface area contributed by atoms with Crippen LogP contribution in [0.2, 0.25) is 0 Å². The minimum absolute atomic E-state index is 0.000283. The van der Waals surface area contributed by atoms with Gasteiger partial charge in [-0.25, -0.2) is 13.1 Å². The first-order valence-corrected chi connectivity index (χ1v) is 9.27. The van der Waals surface area contributed by atoms with Gasteiger partial charge >= 0.3 is 0 Å². The zero-order chi connectivity index (χ0) is 15.6. The van der Waals surface area contributed by atoms with Crippen molar-refractivity contribution in [1.82, 2.24) is 9.62 Å². The lowest BCUT2D eigenvalue weighted by atomic mass is 9.97. The van der Waals surface area contributed by atoms with E-state index in [0.29, 0.717) is 18.0 Å². The van der Waals surface area contributed by atoms with Crippen molar-refractivity contribution in [3.8, 4) is 0 Å². The summed E-state index contributed by atoms with van der Waals surface area (Å²) in [7, 11) is -3.57. The Bertz CT molecular complexity index is 698. The monoisotopic (exact) mass is 322 g/mol. The molecular formula is C16H22N2O3S. The maximum Gasteiger partial charge on any atom is 0.274 e. The number of nitrogens with zero attached hydrogens (tertiary/aromatic N) is 1. The molecule has 0 aliphatic carbocycles. The first kappa shape index (κ1) is 15.5. The molecule has 5 nitrogen and oxygen atoms in total. The molecule has 0 saturated carbocycles. The summed E-state index contributed by atoms with van der Waals surface area (Å²) in [6.07, 6.45) is 2.08. The van der Waals surface area contributed by atoms with Crippen LogP contribution in [0.4, 0.5) is 0 Å². The van der Waals surface area contributed by atoms with Crippen molar-refractivity contribution in [2.75, 3.05) is 26.2 Å². The SMILES string of the molecule is CCN1CCC(CNS(=O)(=O)c2cc3ccccc3o2)CC1. The van der Waals surface area contributed by atoms with Crippen LogP contribution < -0.4 is 4.72 Å². The lowest BCUT2D eigenvalue weighted by Gasteiger charge is -2.30. The van der Waals surface area contributed by atoms with Crippen LogP contribution in [-0.4, -0.2) is 39.5 Å². The molecule has 0 spiro atoms. The van der Waals surface area contributed by atoms with Crippen LogP contribution >= 0.6 is 0 Å². The van der Waals surface area contributed by atoms with E-state index in [4.69, 9.17) is 4.42 Å². The molecule has 6 heteroatoms. The van der Waals surface area contributed by atoms with Gasteiger partial charge in [-0.15, -0.1) is 0 Å². The highest BCUT2D eigenvalue weighted by atomic mass is 32.2. The number of furan rings is 1. The second-order valence-corrected chi connectivity index (χ2v) is 7.53. The molecule has 3 rings (SSSR count). The highest BCUT2D eigenvalue weighted by Crippen LogP contribution is 2.23. The highest BCUT2D eigenvalue weighted by Gasteiger charge is 2.23. The molecular weight excluding hydrogens is 300 g/mol. The summed E-state index contributed by atoms with van der Waals surface area (Å²) < 4.78 is 32.8. The van der Waals surface area contributed by atoms with Crippen molar-refractivity contribution in [2.24, 2.45) is 5.92 Å². The minimum Gasteiger partial charge on any atom is -0.443 e. The molecule has 1 saturated heterocycles. The normalized spacial score (nSPS) is 18.0. The third-order valence-electron chi connectivity index (χ3n) is 4.38. The molecule has 2 heterocycles. The zero-order valence-electron chi connectivity index (χ0n) is 12.8. The number of hydrogen-bond acceptors (Lipinski definition) is 4. The van der Waals surface area contributed by atoms with Crippen LogP contribution in [0.1, 0.15) is 19.8 Å². The lowest BCUT2D eigenvalue weighted by molar-refractivity contribution is 0.193. The molecule has 0 atom stereocenters. The first-order chi connectivity index (χ1) is 10.6. The van der Waals surface area contributed by atoms with Gasteiger partial charge in [0.05, 0.1) is 0 Å². The van der Waals surface area contributed by atoms with E-state index in [-0.39, 0.29) is 5.09 Å². The van der Waals surface area contributed by atoms with Crippen molar-refractivity contribution in [1.29, 1.82) is 0 Å². The molecule has 1 aliphatic rings. The Kier molecular flexibility index (Phi) is 4.52. The number of fused-ring (bicyclic) bond motifs is 1. The molecule has 0 bridgehead atoms. The lowest BCUT2D eigenvalue weighted by Crippen LogP contribution is -2.38. The Morgan fingerprint density at radius 2 is 2.00 bits per heavy atom. The summed E-state index contributed by atoms with van der Waals surface area (Å²) in [5, 5.41) is 0.804. The number of rotatable bonds is 5. The Hall–Kier alpha value is -1.37. The Morgan fingerprint density at radius 3 is 2.68 bits per heavy atom. The second-order valence-electron chi connectivity index (χ2n) is 5.83. The molecule has 0 unspecified atom stereocenters. The van der Waals surface area contributed by atoms with Crippen molar-refractivity contribution >= 4 is 21.0 Å².